The average Bonchev–Trinajstić information content (AvgIpc) is 2.43. The first kappa shape index (κ1) is 16.6. The van der Waals surface area contributed by atoms with Crippen LogP contribution in [0.2, 0.25) is 0 Å². The number of nitriles is 1. The van der Waals surface area contributed by atoms with Crippen molar-refractivity contribution in [3.05, 3.63) is 35.5 Å². The number of hydrogen-bond acceptors (Lipinski definition) is 4. The molecule has 0 aromatic heterocycles. The molecule has 0 spiro atoms. The lowest BCUT2D eigenvalue weighted by Crippen LogP contribution is -2.19. The van der Waals surface area contributed by atoms with Crippen LogP contribution in [0.3, 0.4) is 0 Å². The molecule has 5 nitrogen and oxygen atoms in total. The lowest BCUT2D eigenvalue weighted by molar-refractivity contribution is -0.112. The fraction of sp³-hybridized carbons (Fsp3) is 0.375. The quantitative estimate of drug-likeness (QED) is 0.623. The number of hydrogen-bond donors (Lipinski definition) is 2. The predicted molar refractivity (Wildman–Crippen MR) is 82.9 cm³/mol. The Hall–Kier alpha value is -2.48. The highest BCUT2D eigenvalue weighted by atomic mass is 16.5. The summed E-state index contributed by atoms with van der Waals surface area (Å²) < 4.78 is 5.19. The third kappa shape index (κ3) is 5.19. The van der Waals surface area contributed by atoms with E-state index in [2.05, 4.69) is 10.6 Å². The SMILES string of the molecule is COc1ccc(C)cc1NC(=O)/C(C#N)=C\NCC(C)C. The van der Waals surface area contributed by atoms with E-state index >= 15 is 0 Å². The van der Waals surface area contributed by atoms with E-state index in [9.17, 15) is 4.79 Å². The van der Waals surface area contributed by atoms with Gasteiger partial charge in [-0.1, -0.05) is 19.9 Å². The first-order valence-corrected chi connectivity index (χ1v) is 6.77. The molecule has 0 aliphatic carbocycles. The molecule has 0 aliphatic heterocycles. The van der Waals surface area contributed by atoms with Crippen molar-refractivity contribution in [1.29, 1.82) is 5.26 Å². The smallest absolute Gasteiger partial charge is 0.267 e. The van der Waals surface area contributed by atoms with Crippen LogP contribution < -0.4 is 15.4 Å². The van der Waals surface area contributed by atoms with Gasteiger partial charge in [0.15, 0.2) is 0 Å². The molecule has 0 unspecified atom stereocenters. The summed E-state index contributed by atoms with van der Waals surface area (Å²) >= 11 is 0. The molecular formula is C16H21N3O2. The highest BCUT2D eigenvalue weighted by Crippen LogP contribution is 2.25. The van der Waals surface area contributed by atoms with E-state index in [0.717, 1.165) is 5.56 Å². The van der Waals surface area contributed by atoms with Gasteiger partial charge in [0.05, 0.1) is 12.8 Å². The van der Waals surface area contributed by atoms with Gasteiger partial charge in [0.2, 0.25) is 0 Å². The molecule has 0 fully saturated rings. The van der Waals surface area contributed by atoms with E-state index < -0.39 is 5.91 Å². The number of carbonyl (C=O) groups is 1. The fourth-order valence-electron chi connectivity index (χ4n) is 1.65. The fourth-order valence-corrected chi connectivity index (χ4v) is 1.65. The van der Waals surface area contributed by atoms with Crippen LogP contribution in [0.1, 0.15) is 19.4 Å². The van der Waals surface area contributed by atoms with Gasteiger partial charge in [-0.05, 0) is 30.5 Å². The van der Waals surface area contributed by atoms with E-state index in [4.69, 9.17) is 10.00 Å². The van der Waals surface area contributed by atoms with Gasteiger partial charge in [-0.15, -0.1) is 0 Å². The van der Waals surface area contributed by atoms with E-state index in [1.54, 1.807) is 12.1 Å². The van der Waals surface area contributed by atoms with E-state index in [1.807, 2.05) is 32.9 Å². The van der Waals surface area contributed by atoms with Gasteiger partial charge >= 0.3 is 0 Å². The van der Waals surface area contributed by atoms with Gasteiger partial charge in [-0.25, -0.2) is 0 Å². The van der Waals surface area contributed by atoms with Crippen LogP contribution in [-0.2, 0) is 4.79 Å². The summed E-state index contributed by atoms with van der Waals surface area (Å²) in [6.07, 6.45) is 1.44. The minimum absolute atomic E-state index is 0.0270. The molecule has 0 bridgehead atoms. The molecule has 1 aromatic rings. The van der Waals surface area contributed by atoms with Crippen molar-refractivity contribution in [2.75, 3.05) is 19.0 Å². The molecule has 0 saturated carbocycles. The summed E-state index contributed by atoms with van der Waals surface area (Å²) in [7, 11) is 1.53. The van der Waals surface area contributed by atoms with Gasteiger partial charge in [0.25, 0.3) is 5.91 Å². The summed E-state index contributed by atoms with van der Waals surface area (Å²) in [5.74, 6) is 0.528. The van der Waals surface area contributed by atoms with E-state index in [-0.39, 0.29) is 5.57 Å². The van der Waals surface area contributed by atoms with Crippen molar-refractivity contribution in [3.8, 4) is 11.8 Å². The summed E-state index contributed by atoms with van der Waals surface area (Å²) in [6.45, 7) is 6.71. The second kappa shape index (κ2) is 7.95. The standard InChI is InChI=1S/C16H21N3O2/c1-11(2)9-18-10-13(8-17)16(20)19-14-7-12(3)5-6-15(14)21-4/h5-7,10-11,18H,9H2,1-4H3,(H,19,20)/b13-10-. The summed E-state index contributed by atoms with van der Waals surface area (Å²) in [4.78, 5) is 12.1. The number of rotatable bonds is 6. The maximum absolute atomic E-state index is 12.1. The molecule has 112 valence electrons. The van der Waals surface area contributed by atoms with Crippen LogP contribution in [0.4, 0.5) is 5.69 Å². The second-order valence-corrected chi connectivity index (χ2v) is 5.13. The minimum atomic E-state index is -0.461. The number of carbonyl (C=O) groups excluding carboxylic acids is 1. The molecule has 5 heteroatoms. The molecule has 0 heterocycles. The number of nitrogens with zero attached hydrogens (tertiary/aromatic N) is 1. The lowest BCUT2D eigenvalue weighted by Gasteiger charge is -2.11. The summed E-state index contributed by atoms with van der Waals surface area (Å²) in [5, 5.41) is 14.7. The molecular weight excluding hydrogens is 266 g/mol. The minimum Gasteiger partial charge on any atom is -0.495 e. The second-order valence-electron chi connectivity index (χ2n) is 5.13. The first-order chi connectivity index (χ1) is 9.97. The zero-order valence-electron chi connectivity index (χ0n) is 12.9. The predicted octanol–water partition coefficient (Wildman–Crippen LogP) is 2.60. The van der Waals surface area contributed by atoms with Crippen LogP contribution >= 0.6 is 0 Å². The molecule has 21 heavy (non-hydrogen) atoms. The zero-order chi connectivity index (χ0) is 15.8. The van der Waals surface area contributed by atoms with Crippen molar-refractivity contribution in [3.63, 3.8) is 0 Å². The van der Waals surface area contributed by atoms with Crippen molar-refractivity contribution < 1.29 is 9.53 Å². The maximum Gasteiger partial charge on any atom is 0.267 e. The lowest BCUT2D eigenvalue weighted by atomic mass is 10.2. The van der Waals surface area contributed by atoms with Gasteiger partial charge in [0, 0.05) is 12.7 Å². The molecule has 1 rings (SSSR count). The summed E-state index contributed by atoms with van der Waals surface area (Å²) in [6, 6.07) is 7.36. The van der Waals surface area contributed by atoms with Crippen LogP contribution in [0.5, 0.6) is 5.75 Å². The van der Waals surface area contributed by atoms with Crippen molar-refractivity contribution >= 4 is 11.6 Å². The molecule has 0 saturated heterocycles. The van der Waals surface area contributed by atoms with Crippen LogP contribution in [0.25, 0.3) is 0 Å². The van der Waals surface area contributed by atoms with Gasteiger partial charge in [0.1, 0.15) is 17.4 Å². The molecule has 0 radical (unpaired) electrons. The average molecular weight is 287 g/mol. The number of benzene rings is 1. The Morgan fingerprint density at radius 1 is 1.48 bits per heavy atom. The van der Waals surface area contributed by atoms with Gasteiger partial charge < -0.3 is 15.4 Å². The largest absolute Gasteiger partial charge is 0.495 e. The highest BCUT2D eigenvalue weighted by molar-refractivity contribution is 6.07. The van der Waals surface area contributed by atoms with E-state index in [0.29, 0.717) is 23.9 Å². The zero-order valence-corrected chi connectivity index (χ0v) is 12.9. The number of ether oxygens (including phenoxy) is 1. The third-order valence-corrected chi connectivity index (χ3v) is 2.74. The number of aryl methyl sites for hydroxylation is 1. The van der Waals surface area contributed by atoms with Gasteiger partial charge in [-0.3, -0.25) is 4.79 Å². The van der Waals surface area contributed by atoms with Gasteiger partial charge in [-0.2, -0.15) is 5.26 Å². The number of anilines is 1. The molecule has 1 amide bonds. The molecule has 1 aromatic carbocycles. The molecule has 2 N–H and O–H groups in total. The number of amides is 1. The maximum atomic E-state index is 12.1. The van der Waals surface area contributed by atoms with Crippen molar-refractivity contribution in [1.82, 2.24) is 5.32 Å². The Bertz CT molecular complexity index is 571. The number of methoxy groups -OCH3 is 1. The van der Waals surface area contributed by atoms with Crippen LogP contribution in [0.15, 0.2) is 30.0 Å². The Labute approximate surface area is 125 Å². The Balaban J connectivity index is 2.84. The Kier molecular flexibility index (Phi) is 6.28. The molecule has 0 aliphatic rings. The van der Waals surface area contributed by atoms with Crippen molar-refractivity contribution in [2.24, 2.45) is 5.92 Å². The number of nitrogens with one attached hydrogen (secondary N) is 2. The monoisotopic (exact) mass is 287 g/mol. The van der Waals surface area contributed by atoms with Crippen LogP contribution in [-0.4, -0.2) is 19.6 Å². The van der Waals surface area contributed by atoms with Crippen molar-refractivity contribution in [2.45, 2.75) is 20.8 Å². The normalized spacial score (nSPS) is 11.0. The first-order valence-electron chi connectivity index (χ1n) is 6.77. The Morgan fingerprint density at radius 2 is 2.19 bits per heavy atom. The Morgan fingerprint density at radius 3 is 2.76 bits per heavy atom. The highest BCUT2D eigenvalue weighted by Gasteiger charge is 2.12. The van der Waals surface area contributed by atoms with E-state index in [1.165, 1.54) is 13.3 Å². The van der Waals surface area contributed by atoms with Crippen LogP contribution in [0, 0.1) is 24.2 Å². The summed E-state index contributed by atoms with van der Waals surface area (Å²) in [5.41, 5.74) is 1.57. The topological polar surface area (TPSA) is 74.1 Å². The third-order valence-electron chi connectivity index (χ3n) is 2.74. The molecule has 0 atom stereocenters.